The third-order valence-corrected chi connectivity index (χ3v) is 7.59. The van der Waals surface area contributed by atoms with E-state index in [4.69, 9.17) is 11.6 Å². The van der Waals surface area contributed by atoms with Crippen LogP contribution in [-0.2, 0) is 10.0 Å². The number of aromatic nitrogens is 1. The first-order chi connectivity index (χ1) is 13.0. The first kappa shape index (κ1) is 18.5. The summed E-state index contributed by atoms with van der Waals surface area (Å²) in [6, 6.07) is 8.26. The Hall–Kier alpha value is -1.83. The second-order valence-corrected chi connectivity index (χ2v) is 9.38. The van der Waals surface area contributed by atoms with Gasteiger partial charge in [-0.05, 0) is 56.0 Å². The number of benzene rings is 1. The summed E-state index contributed by atoms with van der Waals surface area (Å²) in [5.41, 5.74) is 1.23. The lowest BCUT2D eigenvalue weighted by atomic mass is 10.1. The number of aromatic amines is 1. The summed E-state index contributed by atoms with van der Waals surface area (Å²) in [7, 11) is -3.59. The highest BCUT2D eigenvalue weighted by Gasteiger charge is 2.33. The molecule has 2 aromatic rings. The maximum atomic E-state index is 13.2. The Kier molecular flexibility index (Phi) is 5.01. The highest BCUT2D eigenvalue weighted by atomic mass is 35.5. The van der Waals surface area contributed by atoms with E-state index in [9.17, 15) is 13.2 Å². The van der Waals surface area contributed by atoms with Gasteiger partial charge in [-0.3, -0.25) is 4.79 Å². The van der Waals surface area contributed by atoms with E-state index < -0.39 is 10.0 Å². The fourth-order valence-electron chi connectivity index (χ4n) is 3.95. The van der Waals surface area contributed by atoms with Crippen molar-refractivity contribution < 1.29 is 13.2 Å². The van der Waals surface area contributed by atoms with Gasteiger partial charge in [0.25, 0.3) is 5.91 Å². The number of carbonyl (C=O) groups excluding carboxylic acids is 1. The highest BCUT2D eigenvalue weighted by Crippen LogP contribution is 2.34. The minimum atomic E-state index is -3.59. The van der Waals surface area contributed by atoms with Gasteiger partial charge in [-0.1, -0.05) is 11.6 Å². The molecule has 1 N–H and O–H groups in total. The van der Waals surface area contributed by atoms with Crippen molar-refractivity contribution in [2.45, 2.75) is 36.6 Å². The molecule has 1 atom stereocenters. The predicted molar refractivity (Wildman–Crippen MR) is 103 cm³/mol. The van der Waals surface area contributed by atoms with E-state index in [1.807, 2.05) is 18.3 Å². The van der Waals surface area contributed by atoms with Crippen molar-refractivity contribution in [2.24, 2.45) is 0 Å². The SMILES string of the molecule is O=C(c1cc(S(=O)(=O)N2CCCC2)ccc1Cl)N1CCCC1c1ccc[nH]1. The predicted octanol–water partition coefficient (Wildman–Crippen LogP) is 3.43. The molecule has 1 aromatic carbocycles. The molecule has 1 unspecified atom stereocenters. The minimum Gasteiger partial charge on any atom is -0.363 e. The number of hydrogen-bond acceptors (Lipinski definition) is 3. The van der Waals surface area contributed by atoms with Crippen molar-refractivity contribution in [3.8, 4) is 0 Å². The van der Waals surface area contributed by atoms with Crippen LogP contribution in [0, 0.1) is 0 Å². The zero-order valence-electron chi connectivity index (χ0n) is 14.9. The number of nitrogens with one attached hydrogen (secondary N) is 1. The topological polar surface area (TPSA) is 73.5 Å². The molecular weight excluding hydrogens is 386 g/mol. The van der Waals surface area contributed by atoms with Crippen LogP contribution in [0.4, 0.5) is 0 Å². The van der Waals surface area contributed by atoms with Gasteiger partial charge in [-0.2, -0.15) is 4.31 Å². The molecule has 2 aliphatic heterocycles. The Morgan fingerprint density at radius 1 is 1.11 bits per heavy atom. The zero-order valence-corrected chi connectivity index (χ0v) is 16.5. The first-order valence-electron chi connectivity index (χ1n) is 9.22. The van der Waals surface area contributed by atoms with Crippen LogP contribution in [0.5, 0.6) is 0 Å². The molecule has 2 aliphatic rings. The molecule has 0 bridgehead atoms. The standard InChI is InChI=1S/C19H22ClN3O3S/c20-16-8-7-14(27(25,26)22-10-1-2-11-22)13-15(16)19(24)23-12-4-6-18(23)17-5-3-9-21-17/h3,5,7-9,13,18,21H,1-2,4,6,10-12H2. The van der Waals surface area contributed by atoms with Crippen molar-refractivity contribution in [1.82, 2.24) is 14.2 Å². The van der Waals surface area contributed by atoms with Gasteiger partial charge in [0.15, 0.2) is 0 Å². The number of sulfonamides is 1. The molecule has 0 saturated carbocycles. The van der Waals surface area contributed by atoms with Crippen molar-refractivity contribution >= 4 is 27.5 Å². The number of halogens is 1. The van der Waals surface area contributed by atoms with Crippen LogP contribution in [0.15, 0.2) is 41.4 Å². The van der Waals surface area contributed by atoms with Gasteiger partial charge in [0.05, 0.1) is 21.5 Å². The molecule has 2 saturated heterocycles. The van der Waals surface area contributed by atoms with Gasteiger partial charge < -0.3 is 9.88 Å². The Bertz CT molecular complexity index is 937. The normalized spacial score (nSPS) is 21.1. The molecule has 1 amide bonds. The van der Waals surface area contributed by atoms with E-state index in [-0.39, 0.29) is 27.4 Å². The fourth-order valence-corrected chi connectivity index (χ4v) is 5.69. The van der Waals surface area contributed by atoms with Gasteiger partial charge >= 0.3 is 0 Å². The Balaban J connectivity index is 1.66. The lowest BCUT2D eigenvalue weighted by Gasteiger charge is -2.25. The zero-order chi connectivity index (χ0) is 19.0. The Morgan fingerprint density at radius 2 is 1.89 bits per heavy atom. The largest absolute Gasteiger partial charge is 0.363 e. The van der Waals surface area contributed by atoms with Gasteiger partial charge in [0.1, 0.15) is 0 Å². The quantitative estimate of drug-likeness (QED) is 0.843. The summed E-state index contributed by atoms with van der Waals surface area (Å²) in [6.07, 6.45) is 5.34. The maximum Gasteiger partial charge on any atom is 0.255 e. The van der Waals surface area contributed by atoms with E-state index in [1.54, 1.807) is 4.90 Å². The van der Waals surface area contributed by atoms with Crippen molar-refractivity contribution in [3.05, 3.63) is 52.8 Å². The van der Waals surface area contributed by atoms with Crippen LogP contribution in [0.25, 0.3) is 0 Å². The molecule has 4 rings (SSSR count). The maximum absolute atomic E-state index is 13.2. The first-order valence-corrected chi connectivity index (χ1v) is 11.0. The summed E-state index contributed by atoms with van der Waals surface area (Å²) < 4.78 is 27.2. The number of likely N-dealkylation sites (tertiary alicyclic amines) is 1. The molecular formula is C19H22ClN3O3S. The average Bonchev–Trinajstić information content (AvgIpc) is 3.43. The summed E-state index contributed by atoms with van der Waals surface area (Å²) in [5, 5.41) is 0.275. The number of H-pyrrole nitrogens is 1. The molecule has 3 heterocycles. The fraction of sp³-hybridized carbons (Fsp3) is 0.421. The lowest BCUT2D eigenvalue weighted by molar-refractivity contribution is 0.0733. The molecule has 0 radical (unpaired) electrons. The second kappa shape index (κ2) is 7.30. The second-order valence-electron chi connectivity index (χ2n) is 7.03. The van der Waals surface area contributed by atoms with Gasteiger partial charge in [-0.25, -0.2) is 8.42 Å². The van der Waals surface area contributed by atoms with Gasteiger partial charge in [0.2, 0.25) is 10.0 Å². The Labute approximate surface area is 164 Å². The summed E-state index contributed by atoms with van der Waals surface area (Å²) in [4.78, 5) is 18.3. The molecule has 27 heavy (non-hydrogen) atoms. The summed E-state index contributed by atoms with van der Waals surface area (Å²) >= 11 is 6.29. The summed E-state index contributed by atoms with van der Waals surface area (Å²) in [6.45, 7) is 1.67. The number of hydrogen-bond donors (Lipinski definition) is 1. The molecule has 1 aromatic heterocycles. The van der Waals surface area contributed by atoms with Crippen LogP contribution < -0.4 is 0 Å². The number of nitrogens with zero attached hydrogens (tertiary/aromatic N) is 2. The van der Waals surface area contributed by atoms with Crippen molar-refractivity contribution in [1.29, 1.82) is 0 Å². The van der Waals surface area contributed by atoms with E-state index in [0.717, 1.165) is 31.4 Å². The number of amides is 1. The number of rotatable bonds is 4. The van der Waals surface area contributed by atoms with Gasteiger partial charge in [-0.15, -0.1) is 0 Å². The Morgan fingerprint density at radius 3 is 2.59 bits per heavy atom. The lowest BCUT2D eigenvalue weighted by Crippen LogP contribution is -2.32. The van der Waals surface area contributed by atoms with Gasteiger partial charge in [0, 0.05) is 31.5 Å². The van der Waals surface area contributed by atoms with E-state index in [0.29, 0.717) is 19.6 Å². The van der Waals surface area contributed by atoms with Crippen LogP contribution in [0.1, 0.15) is 47.8 Å². The van der Waals surface area contributed by atoms with Crippen LogP contribution in [0.3, 0.4) is 0 Å². The minimum absolute atomic E-state index is 0.0394. The van der Waals surface area contributed by atoms with Crippen molar-refractivity contribution in [2.75, 3.05) is 19.6 Å². The molecule has 2 fully saturated rings. The molecule has 8 heteroatoms. The van der Waals surface area contributed by atoms with E-state index >= 15 is 0 Å². The third-order valence-electron chi connectivity index (χ3n) is 5.37. The smallest absolute Gasteiger partial charge is 0.255 e. The third kappa shape index (κ3) is 3.39. The monoisotopic (exact) mass is 407 g/mol. The van der Waals surface area contributed by atoms with Crippen molar-refractivity contribution in [3.63, 3.8) is 0 Å². The van der Waals surface area contributed by atoms with Crippen LogP contribution in [-0.4, -0.2) is 48.1 Å². The molecule has 0 aliphatic carbocycles. The van der Waals surface area contributed by atoms with Crippen LogP contribution >= 0.6 is 11.6 Å². The van der Waals surface area contributed by atoms with E-state index in [2.05, 4.69) is 4.98 Å². The molecule has 6 nitrogen and oxygen atoms in total. The average molecular weight is 408 g/mol. The summed E-state index contributed by atoms with van der Waals surface area (Å²) in [5.74, 6) is -0.226. The molecule has 0 spiro atoms. The van der Waals surface area contributed by atoms with E-state index in [1.165, 1.54) is 22.5 Å². The highest BCUT2D eigenvalue weighted by molar-refractivity contribution is 7.89. The molecule has 144 valence electrons. The number of carbonyl (C=O) groups is 1. The van der Waals surface area contributed by atoms with Crippen LogP contribution in [0.2, 0.25) is 5.02 Å².